The van der Waals surface area contributed by atoms with E-state index in [1.54, 1.807) is 28.6 Å². The average Bonchev–Trinajstić information content (AvgIpc) is 2.61. The SMILES string of the molecule is CC1CC(C)CN(S(=O)(=O)c2cccc(C(=O)N3CCCCC3C)c2)C1. The maximum Gasteiger partial charge on any atom is 0.254 e. The lowest BCUT2D eigenvalue weighted by Gasteiger charge is -2.34. The fourth-order valence-corrected chi connectivity index (χ4v) is 6.03. The van der Waals surface area contributed by atoms with E-state index in [-0.39, 0.29) is 16.8 Å². The van der Waals surface area contributed by atoms with Crippen LogP contribution in [0, 0.1) is 11.8 Å². The molecular weight excluding hydrogens is 348 g/mol. The van der Waals surface area contributed by atoms with Crippen LogP contribution in [0.4, 0.5) is 0 Å². The Hall–Kier alpha value is -1.40. The molecule has 0 aromatic heterocycles. The van der Waals surface area contributed by atoms with E-state index in [1.807, 2.05) is 4.90 Å². The minimum absolute atomic E-state index is 0.0605. The maximum absolute atomic E-state index is 13.1. The molecule has 0 N–H and O–H groups in total. The number of amides is 1. The highest BCUT2D eigenvalue weighted by atomic mass is 32.2. The number of carbonyl (C=O) groups is 1. The summed E-state index contributed by atoms with van der Waals surface area (Å²) in [5, 5.41) is 0. The molecule has 2 aliphatic rings. The summed E-state index contributed by atoms with van der Waals surface area (Å²) < 4.78 is 27.8. The van der Waals surface area contributed by atoms with Crippen LogP contribution in [0.1, 0.15) is 56.8 Å². The van der Waals surface area contributed by atoms with E-state index in [4.69, 9.17) is 0 Å². The fourth-order valence-electron chi connectivity index (χ4n) is 4.31. The van der Waals surface area contributed by atoms with Crippen LogP contribution in [0.25, 0.3) is 0 Å². The monoisotopic (exact) mass is 378 g/mol. The van der Waals surface area contributed by atoms with Gasteiger partial charge in [-0.1, -0.05) is 19.9 Å². The number of nitrogens with zero attached hydrogens (tertiary/aromatic N) is 2. The van der Waals surface area contributed by atoms with Crippen molar-refractivity contribution in [2.45, 2.75) is 57.4 Å². The van der Waals surface area contributed by atoms with Gasteiger partial charge in [-0.2, -0.15) is 4.31 Å². The number of rotatable bonds is 3. The third-order valence-electron chi connectivity index (χ3n) is 5.62. The van der Waals surface area contributed by atoms with E-state index in [0.29, 0.717) is 30.5 Å². The van der Waals surface area contributed by atoms with Crippen LogP contribution in [0.5, 0.6) is 0 Å². The van der Waals surface area contributed by atoms with Gasteiger partial charge < -0.3 is 4.90 Å². The predicted octanol–water partition coefficient (Wildman–Crippen LogP) is 3.37. The molecule has 2 fully saturated rings. The number of piperidine rings is 2. The summed E-state index contributed by atoms with van der Waals surface area (Å²) in [6.45, 7) is 8.10. The zero-order valence-corrected chi connectivity index (χ0v) is 16.8. The van der Waals surface area contributed by atoms with Crippen molar-refractivity contribution < 1.29 is 13.2 Å². The molecule has 2 heterocycles. The lowest BCUT2D eigenvalue weighted by Crippen LogP contribution is -2.43. The topological polar surface area (TPSA) is 57.7 Å². The Kier molecular flexibility index (Phi) is 5.72. The number of sulfonamides is 1. The summed E-state index contributed by atoms with van der Waals surface area (Å²) in [5.74, 6) is 0.648. The molecule has 0 bridgehead atoms. The standard InChI is InChI=1S/C20H30N2O3S/c1-15-11-16(2)14-21(13-15)26(24,25)19-9-6-8-18(12-19)20(23)22-10-5-4-7-17(22)3/h6,8-9,12,15-17H,4-5,7,10-11,13-14H2,1-3H3. The van der Waals surface area contributed by atoms with Crippen LogP contribution < -0.4 is 0 Å². The first-order chi connectivity index (χ1) is 12.3. The first-order valence-electron chi connectivity index (χ1n) is 9.70. The summed E-state index contributed by atoms with van der Waals surface area (Å²) in [5.41, 5.74) is 0.470. The van der Waals surface area contributed by atoms with Crippen molar-refractivity contribution in [3.05, 3.63) is 29.8 Å². The predicted molar refractivity (Wildman–Crippen MR) is 102 cm³/mol. The van der Waals surface area contributed by atoms with Gasteiger partial charge in [0.05, 0.1) is 4.90 Å². The summed E-state index contributed by atoms with van der Waals surface area (Å²) in [6, 6.07) is 6.79. The molecule has 0 saturated carbocycles. The average molecular weight is 379 g/mol. The van der Waals surface area contributed by atoms with E-state index in [1.165, 1.54) is 0 Å². The highest BCUT2D eigenvalue weighted by molar-refractivity contribution is 7.89. The Morgan fingerprint density at radius 2 is 1.77 bits per heavy atom. The van der Waals surface area contributed by atoms with Crippen LogP contribution in [-0.4, -0.2) is 49.2 Å². The summed E-state index contributed by atoms with van der Waals surface area (Å²) in [6.07, 6.45) is 4.22. The molecule has 1 aromatic rings. The molecular formula is C20H30N2O3S. The largest absolute Gasteiger partial charge is 0.336 e. The van der Waals surface area contributed by atoms with Crippen LogP contribution >= 0.6 is 0 Å². The van der Waals surface area contributed by atoms with Gasteiger partial charge in [-0.05, 0) is 62.6 Å². The molecule has 2 aliphatic heterocycles. The minimum atomic E-state index is -3.57. The van der Waals surface area contributed by atoms with Crippen molar-refractivity contribution >= 4 is 15.9 Å². The molecule has 3 rings (SSSR count). The van der Waals surface area contributed by atoms with E-state index in [9.17, 15) is 13.2 Å². The zero-order chi connectivity index (χ0) is 18.9. The van der Waals surface area contributed by atoms with Crippen molar-refractivity contribution in [2.24, 2.45) is 11.8 Å². The van der Waals surface area contributed by atoms with Gasteiger partial charge in [0.2, 0.25) is 10.0 Å². The van der Waals surface area contributed by atoms with Crippen LogP contribution in [0.15, 0.2) is 29.2 Å². The third kappa shape index (κ3) is 3.96. The number of hydrogen-bond donors (Lipinski definition) is 0. The maximum atomic E-state index is 13.1. The minimum Gasteiger partial charge on any atom is -0.336 e. The molecule has 2 saturated heterocycles. The Morgan fingerprint density at radius 1 is 1.08 bits per heavy atom. The number of likely N-dealkylation sites (tertiary alicyclic amines) is 1. The first-order valence-corrected chi connectivity index (χ1v) is 11.1. The highest BCUT2D eigenvalue weighted by Crippen LogP contribution is 2.27. The van der Waals surface area contributed by atoms with Crippen molar-refractivity contribution in [3.8, 4) is 0 Å². The van der Waals surface area contributed by atoms with E-state index < -0.39 is 10.0 Å². The van der Waals surface area contributed by atoms with Gasteiger partial charge >= 0.3 is 0 Å². The van der Waals surface area contributed by atoms with Gasteiger partial charge in [-0.25, -0.2) is 8.42 Å². The molecule has 3 unspecified atom stereocenters. The van der Waals surface area contributed by atoms with E-state index in [0.717, 1.165) is 32.2 Å². The first kappa shape index (κ1) is 19.4. The second-order valence-electron chi connectivity index (χ2n) is 8.14. The highest BCUT2D eigenvalue weighted by Gasteiger charge is 2.32. The lowest BCUT2D eigenvalue weighted by atomic mass is 9.94. The molecule has 26 heavy (non-hydrogen) atoms. The van der Waals surface area contributed by atoms with Crippen LogP contribution in [0.2, 0.25) is 0 Å². The molecule has 6 heteroatoms. The second-order valence-corrected chi connectivity index (χ2v) is 10.1. The lowest BCUT2D eigenvalue weighted by molar-refractivity contribution is 0.0635. The van der Waals surface area contributed by atoms with Gasteiger partial charge in [0.1, 0.15) is 0 Å². The Bertz CT molecular complexity index is 752. The van der Waals surface area contributed by atoms with Gasteiger partial charge in [-0.3, -0.25) is 4.79 Å². The second kappa shape index (κ2) is 7.69. The summed E-state index contributed by atoms with van der Waals surface area (Å²) in [7, 11) is -3.57. The zero-order valence-electron chi connectivity index (χ0n) is 16.0. The third-order valence-corrected chi connectivity index (χ3v) is 7.45. The molecule has 0 aliphatic carbocycles. The van der Waals surface area contributed by atoms with Crippen molar-refractivity contribution in [1.82, 2.24) is 9.21 Å². The number of hydrogen-bond acceptors (Lipinski definition) is 3. The summed E-state index contributed by atoms with van der Waals surface area (Å²) >= 11 is 0. The number of carbonyl (C=O) groups excluding carboxylic acids is 1. The number of benzene rings is 1. The van der Waals surface area contributed by atoms with Crippen LogP contribution in [-0.2, 0) is 10.0 Å². The van der Waals surface area contributed by atoms with E-state index in [2.05, 4.69) is 20.8 Å². The fraction of sp³-hybridized carbons (Fsp3) is 0.650. The molecule has 5 nitrogen and oxygen atoms in total. The van der Waals surface area contributed by atoms with Crippen molar-refractivity contribution in [1.29, 1.82) is 0 Å². The smallest absolute Gasteiger partial charge is 0.254 e. The van der Waals surface area contributed by atoms with Crippen molar-refractivity contribution in [3.63, 3.8) is 0 Å². The van der Waals surface area contributed by atoms with E-state index >= 15 is 0 Å². The normalized spacial score (nSPS) is 28.1. The van der Waals surface area contributed by atoms with Gasteiger partial charge in [0.15, 0.2) is 0 Å². The molecule has 1 aromatic carbocycles. The Morgan fingerprint density at radius 3 is 2.42 bits per heavy atom. The molecule has 3 atom stereocenters. The molecule has 1 amide bonds. The van der Waals surface area contributed by atoms with Gasteiger partial charge in [-0.15, -0.1) is 0 Å². The van der Waals surface area contributed by atoms with Gasteiger partial charge in [0.25, 0.3) is 5.91 Å². The Balaban J connectivity index is 1.85. The summed E-state index contributed by atoms with van der Waals surface area (Å²) in [4.78, 5) is 15.0. The molecule has 0 radical (unpaired) electrons. The molecule has 0 spiro atoms. The van der Waals surface area contributed by atoms with Crippen LogP contribution in [0.3, 0.4) is 0 Å². The quantitative estimate of drug-likeness (QED) is 0.810. The Labute approximate surface area is 157 Å². The van der Waals surface area contributed by atoms with Crippen molar-refractivity contribution in [2.75, 3.05) is 19.6 Å². The van der Waals surface area contributed by atoms with Gasteiger partial charge in [0, 0.05) is 31.2 Å². The molecule has 144 valence electrons.